The molecule has 0 aliphatic rings. The third-order valence-corrected chi connectivity index (χ3v) is 3.59. The predicted octanol–water partition coefficient (Wildman–Crippen LogP) is 3.43. The van der Waals surface area contributed by atoms with Crippen LogP contribution in [0.1, 0.15) is 12.5 Å². The standard InChI is InChI=1S/C13H12BrFN2O/c1-7-9-4-10(14)11(15)5-12(9)16-6-13(7)17(3)8(2)18/h4-6H,1-3H3. The largest absolute Gasteiger partial charge is 0.314 e. The fourth-order valence-electron chi connectivity index (χ4n) is 1.82. The second kappa shape index (κ2) is 4.65. The van der Waals surface area contributed by atoms with E-state index in [1.165, 1.54) is 17.9 Å². The number of hydrogen-bond acceptors (Lipinski definition) is 2. The summed E-state index contributed by atoms with van der Waals surface area (Å²) >= 11 is 3.16. The molecule has 0 saturated heterocycles. The van der Waals surface area contributed by atoms with E-state index in [4.69, 9.17) is 0 Å². The van der Waals surface area contributed by atoms with Crippen LogP contribution in [0.4, 0.5) is 10.1 Å². The van der Waals surface area contributed by atoms with Crippen molar-refractivity contribution < 1.29 is 9.18 Å². The topological polar surface area (TPSA) is 33.2 Å². The van der Waals surface area contributed by atoms with Gasteiger partial charge in [-0.05, 0) is 34.5 Å². The highest BCUT2D eigenvalue weighted by molar-refractivity contribution is 9.10. The third-order valence-electron chi connectivity index (χ3n) is 2.99. The van der Waals surface area contributed by atoms with E-state index < -0.39 is 0 Å². The van der Waals surface area contributed by atoms with Crippen LogP contribution in [-0.2, 0) is 4.79 Å². The van der Waals surface area contributed by atoms with E-state index in [1.54, 1.807) is 19.3 Å². The van der Waals surface area contributed by atoms with Crippen molar-refractivity contribution in [2.75, 3.05) is 11.9 Å². The predicted molar refractivity (Wildman–Crippen MR) is 73.2 cm³/mol. The highest BCUT2D eigenvalue weighted by Crippen LogP contribution is 2.29. The minimum Gasteiger partial charge on any atom is -0.314 e. The molecule has 5 heteroatoms. The first-order valence-electron chi connectivity index (χ1n) is 5.40. The monoisotopic (exact) mass is 310 g/mol. The van der Waals surface area contributed by atoms with Crippen molar-refractivity contribution in [1.29, 1.82) is 0 Å². The van der Waals surface area contributed by atoms with Gasteiger partial charge in [-0.15, -0.1) is 0 Å². The summed E-state index contributed by atoms with van der Waals surface area (Å²) in [5.74, 6) is -0.414. The van der Waals surface area contributed by atoms with Crippen molar-refractivity contribution in [2.24, 2.45) is 0 Å². The second-order valence-electron chi connectivity index (χ2n) is 4.13. The van der Waals surface area contributed by atoms with Gasteiger partial charge < -0.3 is 4.90 Å². The lowest BCUT2D eigenvalue weighted by Gasteiger charge is -2.18. The molecule has 1 aromatic heterocycles. The average molecular weight is 311 g/mol. The number of nitrogens with zero attached hydrogens (tertiary/aromatic N) is 2. The summed E-state index contributed by atoms with van der Waals surface area (Å²) in [5.41, 5.74) is 2.21. The van der Waals surface area contributed by atoms with Crippen molar-refractivity contribution in [1.82, 2.24) is 4.98 Å². The fraction of sp³-hybridized carbons (Fsp3) is 0.231. The van der Waals surface area contributed by atoms with Crippen LogP contribution >= 0.6 is 15.9 Å². The van der Waals surface area contributed by atoms with E-state index in [0.717, 1.165) is 16.6 Å². The Kier molecular flexibility index (Phi) is 3.34. The van der Waals surface area contributed by atoms with E-state index in [0.29, 0.717) is 9.99 Å². The van der Waals surface area contributed by atoms with Gasteiger partial charge in [-0.25, -0.2) is 4.39 Å². The smallest absolute Gasteiger partial charge is 0.223 e. The number of carbonyl (C=O) groups excluding carboxylic acids is 1. The van der Waals surface area contributed by atoms with Crippen molar-refractivity contribution in [3.63, 3.8) is 0 Å². The summed E-state index contributed by atoms with van der Waals surface area (Å²) in [6.45, 7) is 3.38. The van der Waals surface area contributed by atoms with Gasteiger partial charge in [0.25, 0.3) is 0 Å². The quantitative estimate of drug-likeness (QED) is 0.808. The highest BCUT2D eigenvalue weighted by atomic mass is 79.9. The van der Waals surface area contributed by atoms with E-state index in [-0.39, 0.29) is 11.7 Å². The van der Waals surface area contributed by atoms with Gasteiger partial charge in [-0.3, -0.25) is 9.78 Å². The lowest BCUT2D eigenvalue weighted by atomic mass is 10.1. The molecule has 2 rings (SSSR count). The number of halogens is 2. The van der Waals surface area contributed by atoms with Crippen molar-refractivity contribution in [3.8, 4) is 0 Å². The molecule has 1 aromatic carbocycles. The molecule has 1 heterocycles. The number of aromatic nitrogens is 1. The zero-order valence-corrected chi connectivity index (χ0v) is 11.9. The Balaban J connectivity index is 2.71. The van der Waals surface area contributed by atoms with Gasteiger partial charge >= 0.3 is 0 Å². The number of amides is 1. The zero-order valence-electron chi connectivity index (χ0n) is 10.3. The van der Waals surface area contributed by atoms with Gasteiger partial charge in [0.15, 0.2) is 0 Å². The Bertz CT molecular complexity index is 642. The van der Waals surface area contributed by atoms with E-state index in [2.05, 4.69) is 20.9 Å². The maximum atomic E-state index is 13.4. The lowest BCUT2D eigenvalue weighted by molar-refractivity contribution is -0.116. The molecule has 0 radical (unpaired) electrons. The fourth-order valence-corrected chi connectivity index (χ4v) is 2.16. The Morgan fingerprint density at radius 3 is 2.72 bits per heavy atom. The molecule has 0 N–H and O–H groups in total. The van der Waals surface area contributed by atoms with Gasteiger partial charge in [-0.2, -0.15) is 0 Å². The molecule has 0 spiro atoms. The summed E-state index contributed by atoms with van der Waals surface area (Å²) in [6, 6.07) is 3.06. The van der Waals surface area contributed by atoms with Crippen molar-refractivity contribution in [3.05, 3.63) is 34.2 Å². The Morgan fingerprint density at radius 2 is 2.11 bits per heavy atom. The molecule has 0 unspecified atom stereocenters. The highest BCUT2D eigenvalue weighted by Gasteiger charge is 2.13. The Hall–Kier alpha value is -1.49. The van der Waals surface area contributed by atoms with Crippen molar-refractivity contribution in [2.45, 2.75) is 13.8 Å². The van der Waals surface area contributed by atoms with Crippen LogP contribution in [0.5, 0.6) is 0 Å². The molecule has 0 atom stereocenters. The summed E-state index contributed by atoms with van der Waals surface area (Å²) in [7, 11) is 1.69. The van der Waals surface area contributed by atoms with Gasteiger partial charge in [-0.1, -0.05) is 0 Å². The number of fused-ring (bicyclic) bond motifs is 1. The number of aryl methyl sites for hydroxylation is 1. The molecule has 2 aromatic rings. The van der Waals surface area contributed by atoms with Crippen LogP contribution in [0.2, 0.25) is 0 Å². The summed E-state index contributed by atoms with van der Waals surface area (Å²) in [4.78, 5) is 17.1. The van der Waals surface area contributed by atoms with Gasteiger partial charge in [0.2, 0.25) is 5.91 Å². The molecule has 94 valence electrons. The zero-order chi connectivity index (χ0) is 13.4. The maximum absolute atomic E-state index is 13.4. The molecule has 0 bridgehead atoms. The van der Waals surface area contributed by atoms with E-state index >= 15 is 0 Å². The minimum atomic E-state index is -0.345. The Labute approximate surface area is 113 Å². The number of carbonyl (C=O) groups is 1. The Morgan fingerprint density at radius 1 is 1.44 bits per heavy atom. The first-order valence-corrected chi connectivity index (χ1v) is 6.19. The van der Waals surface area contributed by atoms with Gasteiger partial charge in [0.05, 0.1) is 21.9 Å². The van der Waals surface area contributed by atoms with Gasteiger partial charge in [0, 0.05) is 25.4 Å². The molecule has 18 heavy (non-hydrogen) atoms. The molecule has 0 aliphatic heterocycles. The lowest BCUT2D eigenvalue weighted by Crippen LogP contribution is -2.23. The summed E-state index contributed by atoms with van der Waals surface area (Å²) in [5, 5.41) is 0.828. The average Bonchev–Trinajstić information content (AvgIpc) is 2.31. The van der Waals surface area contributed by atoms with Crippen LogP contribution in [0.3, 0.4) is 0 Å². The number of hydrogen-bond donors (Lipinski definition) is 0. The maximum Gasteiger partial charge on any atom is 0.223 e. The van der Waals surface area contributed by atoms with Crippen molar-refractivity contribution >= 4 is 38.4 Å². The molecular weight excluding hydrogens is 299 g/mol. The molecular formula is C13H12BrFN2O. The number of pyridine rings is 1. The van der Waals surface area contributed by atoms with Crippen LogP contribution in [0.15, 0.2) is 22.8 Å². The minimum absolute atomic E-state index is 0.0690. The van der Waals surface area contributed by atoms with Crippen LogP contribution in [-0.4, -0.2) is 17.9 Å². The molecule has 0 fully saturated rings. The third kappa shape index (κ3) is 2.10. The molecule has 0 saturated carbocycles. The first-order chi connectivity index (χ1) is 8.41. The normalized spacial score (nSPS) is 10.7. The first kappa shape index (κ1) is 13.0. The number of anilines is 1. The van der Waals surface area contributed by atoms with E-state index in [1.807, 2.05) is 6.92 Å². The molecule has 0 aliphatic carbocycles. The van der Waals surface area contributed by atoms with Crippen LogP contribution in [0, 0.1) is 12.7 Å². The molecule has 3 nitrogen and oxygen atoms in total. The second-order valence-corrected chi connectivity index (χ2v) is 4.98. The van der Waals surface area contributed by atoms with Crippen LogP contribution < -0.4 is 4.90 Å². The summed E-state index contributed by atoms with van der Waals surface area (Å²) in [6.07, 6.45) is 1.59. The van der Waals surface area contributed by atoms with E-state index in [9.17, 15) is 9.18 Å². The SMILES string of the molecule is CC(=O)N(C)c1cnc2cc(F)c(Br)cc2c1C. The van der Waals surface area contributed by atoms with Gasteiger partial charge in [0.1, 0.15) is 5.82 Å². The summed E-state index contributed by atoms with van der Waals surface area (Å²) < 4.78 is 13.8. The number of benzene rings is 1. The number of rotatable bonds is 1. The van der Waals surface area contributed by atoms with Crippen LogP contribution in [0.25, 0.3) is 10.9 Å². The molecule has 1 amide bonds.